The van der Waals surface area contributed by atoms with Gasteiger partial charge in [0.2, 0.25) is 5.89 Å². The molecule has 0 aliphatic carbocycles. The Morgan fingerprint density at radius 1 is 1.57 bits per heavy atom. The highest BCUT2D eigenvalue weighted by molar-refractivity contribution is 5.14. The molecule has 14 heavy (non-hydrogen) atoms. The van der Waals surface area contributed by atoms with E-state index in [4.69, 9.17) is 14.3 Å². The normalized spacial score (nSPS) is 22.6. The second-order valence-corrected chi connectivity index (χ2v) is 3.62. The van der Waals surface area contributed by atoms with Crippen LogP contribution in [0.3, 0.4) is 0 Å². The summed E-state index contributed by atoms with van der Waals surface area (Å²) in [6, 6.07) is 0. The van der Waals surface area contributed by atoms with Gasteiger partial charge in [0.25, 0.3) is 0 Å². The lowest BCUT2D eigenvalue weighted by atomic mass is 9.98. The number of hydrogen-bond acceptors (Lipinski definition) is 4. The van der Waals surface area contributed by atoms with Crippen molar-refractivity contribution in [3.8, 4) is 0 Å². The van der Waals surface area contributed by atoms with Crippen LogP contribution >= 0.6 is 0 Å². The van der Waals surface area contributed by atoms with Gasteiger partial charge in [-0.15, -0.1) is 0 Å². The number of aliphatic hydroxyl groups excluding tert-OH is 1. The molecule has 1 unspecified atom stereocenters. The smallest absolute Gasteiger partial charge is 0.220 e. The number of ether oxygens (including phenoxy) is 1. The number of aliphatic hydroxyl groups is 1. The molecule has 2 rings (SSSR count). The summed E-state index contributed by atoms with van der Waals surface area (Å²) in [6.45, 7) is 3.32. The Morgan fingerprint density at radius 3 is 3.00 bits per heavy atom. The third kappa shape index (κ3) is 1.81. The fraction of sp³-hybridized carbons (Fsp3) is 0.700. The van der Waals surface area contributed by atoms with Crippen LogP contribution in [0, 0.1) is 6.92 Å². The maximum absolute atomic E-state index is 8.89. The third-order valence-corrected chi connectivity index (χ3v) is 2.56. The Labute approximate surface area is 82.9 Å². The minimum absolute atomic E-state index is 0.131. The molecule has 0 saturated carbocycles. The summed E-state index contributed by atoms with van der Waals surface area (Å²) in [5, 5.41) is 8.89. The molecule has 1 saturated heterocycles. The first-order valence-electron chi connectivity index (χ1n) is 4.96. The van der Waals surface area contributed by atoms with Crippen LogP contribution in [-0.4, -0.2) is 23.3 Å². The van der Waals surface area contributed by atoms with E-state index >= 15 is 0 Å². The number of aromatic nitrogens is 1. The van der Waals surface area contributed by atoms with Gasteiger partial charge in [0.05, 0.1) is 12.3 Å². The van der Waals surface area contributed by atoms with E-state index in [0.29, 0.717) is 11.8 Å². The quantitative estimate of drug-likeness (QED) is 0.778. The van der Waals surface area contributed by atoms with E-state index in [1.807, 2.05) is 6.92 Å². The summed E-state index contributed by atoms with van der Waals surface area (Å²) in [4.78, 5) is 4.26. The highest BCUT2D eigenvalue weighted by Gasteiger charge is 2.22. The second-order valence-electron chi connectivity index (χ2n) is 3.62. The summed E-state index contributed by atoms with van der Waals surface area (Å²) in [7, 11) is 0. The van der Waals surface area contributed by atoms with Crippen molar-refractivity contribution in [2.45, 2.75) is 32.3 Å². The van der Waals surface area contributed by atoms with E-state index in [2.05, 4.69) is 4.98 Å². The molecular weight excluding hydrogens is 182 g/mol. The Kier molecular flexibility index (Phi) is 2.84. The molecule has 1 aliphatic heterocycles. The van der Waals surface area contributed by atoms with E-state index in [1.165, 1.54) is 0 Å². The van der Waals surface area contributed by atoms with Crippen LogP contribution in [0.25, 0.3) is 0 Å². The number of hydrogen-bond donors (Lipinski definition) is 1. The fourth-order valence-electron chi connectivity index (χ4n) is 1.87. The number of aryl methyl sites for hydroxylation is 1. The molecule has 1 N–H and O–H groups in total. The van der Waals surface area contributed by atoms with Crippen molar-refractivity contribution >= 4 is 0 Å². The van der Waals surface area contributed by atoms with Gasteiger partial charge in [-0.05, 0) is 19.8 Å². The van der Waals surface area contributed by atoms with Crippen molar-refractivity contribution in [2.24, 2.45) is 0 Å². The third-order valence-electron chi connectivity index (χ3n) is 2.56. The van der Waals surface area contributed by atoms with Crippen LogP contribution in [-0.2, 0) is 11.3 Å². The van der Waals surface area contributed by atoms with Gasteiger partial charge in [0, 0.05) is 12.5 Å². The van der Waals surface area contributed by atoms with Crippen LogP contribution in [0.5, 0.6) is 0 Å². The van der Waals surface area contributed by atoms with Crippen molar-refractivity contribution in [3.63, 3.8) is 0 Å². The maximum Gasteiger partial charge on any atom is 0.220 e. The summed E-state index contributed by atoms with van der Waals surface area (Å²) in [5.41, 5.74) is 0.953. The zero-order valence-corrected chi connectivity index (χ0v) is 8.32. The zero-order chi connectivity index (χ0) is 9.97. The molecule has 4 heteroatoms. The van der Waals surface area contributed by atoms with Crippen molar-refractivity contribution in [2.75, 3.05) is 13.2 Å². The van der Waals surface area contributed by atoms with Gasteiger partial charge in [-0.2, -0.15) is 0 Å². The maximum atomic E-state index is 8.89. The van der Waals surface area contributed by atoms with E-state index in [0.717, 1.165) is 37.5 Å². The van der Waals surface area contributed by atoms with E-state index in [9.17, 15) is 0 Å². The van der Waals surface area contributed by atoms with Crippen LogP contribution < -0.4 is 0 Å². The van der Waals surface area contributed by atoms with Crippen LogP contribution in [0.4, 0.5) is 0 Å². The average molecular weight is 197 g/mol. The van der Waals surface area contributed by atoms with Crippen molar-refractivity contribution in [1.82, 2.24) is 4.98 Å². The van der Waals surface area contributed by atoms with Crippen molar-refractivity contribution in [1.29, 1.82) is 0 Å². The standard InChI is InChI=1S/C10H15NO3/c1-7-10(11-9(5-12)14-7)8-3-2-4-13-6-8/h8,12H,2-6H2,1H3. The van der Waals surface area contributed by atoms with Gasteiger partial charge in [-0.25, -0.2) is 4.98 Å². The van der Waals surface area contributed by atoms with Crippen LogP contribution in [0.15, 0.2) is 4.42 Å². The van der Waals surface area contributed by atoms with Gasteiger partial charge in [-0.1, -0.05) is 0 Å². The van der Waals surface area contributed by atoms with Crippen molar-refractivity contribution < 1.29 is 14.3 Å². The molecule has 1 atom stereocenters. The van der Waals surface area contributed by atoms with Gasteiger partial charge in [0.1, 0.15) is 12.4 Å². The summed E-state index contributed by atoms with van der Waals surface area (Å²) in [5.74, 6) is 1.56. The van der Waals surface area contributed by atoms with Crippen LogP contribution in [0.1, 0.15) is 36.1 Å². The van der Waals surface area contributed by atoms with Gasteiger partial charge in [-0.3, -0.25) is 0 Å². The predicted molar refractivity (Wildman–Crippen MR) is 50.0 cm³/mol. The van der Waals surface area contributed by atoms with Crippen LogP contribution in [0.2, 0.25) is 0 Å². The number of nitrogens with zero attached hydrogens (tertiary/aromatic N) is 1. The number of oxazole rings is 1. The molecule has 1 aromatic heterocycles. The molecule has 1 aliphatic rings. The SMILES string of the molecule is Cc1oc(CO)nc1C1CCCOC1. The average Bonchev–Trinajstić information content (AvgIpc) is 2.61. The topological polar surface area (TPSA) is 55.5 Å². The fourth-order valence-corrected chi connectivity index (χ4v) is 1.87. The molecule has 0 radical (unpaired) electrons. The van der Waals surface area contributed by atoms with E-state index < -0.39 is 0 Å². The Bertz CT molecular complexity index is 302. The molecule has 78 valence electrons. The van der Waals surface area contributed by atoms with E-state index in [-0.39, 0.29) is 6.61 Å². The molecule has 0 spiro atoms. The second kappa shape index (κ2) is 4.11. The molecule has 0 aromatic carbocycles. The zero-order valence-electron chi connectivity index (χ0n) is 8.32. The molecular formula is C10H15NO3. The lowest BCUT2D eigenvalue weighted by Crippen LogP contribution is -2.16. The van der Waals surface area contributed by atoms with E-state index in [1.54, 1.807) is 0 Å². The number of rotatable bonds is 2. The lowest BCUT2D eigenvalue weighted by molar-refractivity contribution is 0.0790. The van der Waals surface area contributed by atoms with Gasteiger partial charge in [0.15, 0.2) is 0 Å². The summed E-state index contributed by atoms with van der Waals surface area (Å²) >= 11 is 0. The molecule has 0 bridgehead atoms. The first kappa shape index (κ1) is 9.68. The highest BCUT2D eigenvalue weighted by Crippen LogP contribution is 2.27. The Hall–Kier alpha value is -0.870. The molecule has 0 amide bonds. The van der Waals surface area contributed by atoms with Crippen molar-refractivity contribution in [3.05, 3.63) is 17.3 Å². The summed E-state index contributed by atoms with van der Waals surface area (Å²) in [6.07, 6.45) is 2.17. The first-order valence-corrected chi connectivity index (χ1v) is 4.96. The monoisotopic (exact) mass is 197 g/mol. The highest BCUT2D eigenvalue weighted by atomic mass is 16.5. The Morgan fingerprint density at radius 2 is 2.43 bits per heavy atom. The predicted octanol–water partition coefficient (Wildman–Crippen LogP) is 1.37. The first-order chi connectivity index (χ1) is 6.81. The lowest BCUT2D eigenvalue weighted by Gasteiger charge is -2.20. The molecule has 2 heterocycles. The van der Waals surface area contributed by atoms with Gasteiger partial charge < -0.3 is 14.3 Å². The molecule has 4 nitrogen and oxygen atoms in total. The molecule has 1 aromatic rings. The minimum atomic E-state index is -0.131. The van der Waals surface area contributed by atoms with Gasteiger partial charge >= 0.3 is 0 Å². The minimum Gasteiger partial charge on any atom is -0.443 e. The molecule has 1 fully saturated rings. The summed E-state index contributed by atoms with van der Waals surface area (Å²) < 4.78 is 10.7. The largest absolute Gasteiger partial charge is 0.443 e. The Balaban J connectivity index is 2.17.